The lowest BCUT2D eigenvalue weighted by Crippen LogP contribution is -2.65. The van der Waals surface area contributed by atoms with Crippen LogP contribution in [0.3, 0.4) is 0 Å². The Balaban J connectivity index is 1.74. The Morgan fingerprint density at radius 3 is 2.30 bits per heavy atom. The van der Waals surface area contributed by atoms with Crippen LogP contribution in [0.1, 0.15) is 23.1 Å². The summed E-state index contributed by atoms with van der Waals surface area (Å²) in [5.41, 5.74) is 5.30. The first-order valence-corrected chi connectivity index (χ1v) is 14.1. The number of anilines is 1. The molecule has 1 amide bonds. The van der Waals surface area contributed by atoms with Gasteiger partial charge < -0.3 is 36.0 Å². The van der Waals surface area contributed by atoms with Crippen molar-refractivity contribution in [2.24, 2.45) is 17.6 Å². The Labute approximate surface area is 250 Å². The Hall–Kier alpha value is -4.19. The minimum atomic E-state index is -2.68. The zero-order valence-corrected chi connectivity index (χ0v) is 25.2. The second kappa shape index (κ2) is 10.5. The van der Waals surface area contributed by atoms with Gasteiger partial charge in [-0.1, -0.05) is 18.2 Å². The van der Waals surface area contributed by atoms with Gasteiger partial charge in [0.25, 0.3) is 5.91 Å². The first kappa shape index (κ1) is 30.3. The number of aromatic hydroxyl groups is 1. The van der Waals surface area contributed by atoms with Crippen molar-refractivity contribution in [2.75, 3.05) is 47.2 Å². The summed E-state index contributed by atoms with van der Waals surface area (Å²) < 4.78 is 0. The number of benzene rings is 2. The lowest BCUT2D eigenvalue weighted by molar-refractivity contribution is -0.153. The van der Waals surface area contributed by atoms with Crippen LogP contribution >= 0.6 is 0 Å². The molecule has 11 heteroatoms. The zero-order chi connectivity index (χ0) is 31.7. The fourth-order valence-corrected chi connectivity index (χ4v) is 7.11. The quantitative estimate of drug-likeness (QED) is 0.313. The highest BCUT2D eigenvalue weighted by atomic mass is 16.3. The summed E-state index contributed by atoms with van der Waals surface area (Å²) in [4.78, 5) is 45.1. The van der Waals surface area contributed by atoms with Crippen LogP contribution in [0.4, 0.5) is 5.69 Å². The number of aliphatic hydroxyl groups is 3. The summed E-state index contributed by atoms with van der Waals surface area (Å²) in [6.07, 6.45) is 0.254. The van der Waals surface area contributed by atoms with E-state index in [9.17, 15) is 34.8 Å². The third-order valence-corrected chi connectivity index (χ3v) is 8.92. The maximum atomic E-state index is 14.2. The van der Waals surface area contributed by atoms with Gasteiger partial charge in [0.1, 0.15) is 22.8 Å². The normalized spacial score (nSPS) is 25.2. The molecule has 4 atom stereocenters. The molecule has 0 aromatic heterocycles. The third kappa shape index (κ3) is 4.50. The molecule has 0 unspecified atom stereocenters. The number of rotatable bonds is 6. The summed E-state index contributed by atoms with van der Waals surface area (Å²) in [5.74, 6) is -6.68. The number of ketones is 2. The van der Waals surface area contributed by atoms with E-state index < -0.39 is 58.0 Å². The van der Waals surface area contributed by atoms with Crippen molar-refractivity contribution in [1.82, 2.24) is 9.80 Å². The van der Waals surface area contributed by atoms with Gasteiger partial charge in [0.2, 0.25) is 5.78 Å². The van der Waals surface area contributed by atoms with E-state index >= 15 is 0 Å². The zero-order valence-electron chi connectivity index (χ0n) is 25.2. The number of likely N-dealkylation sites (N-methyl/N-ethyl adjacent to an activating group) is 1. The van der Waals surface area contributed by atoms with Crippen molar-refractivity contribution in [3.8, 4) is 16.9 Å². The van der Waals surface area contributed by atoms with Crippen molar-refractivity contribution < 1.29 is 34.8 Å². The van der Waals surface area contributed by atoms with E-state index in [1.54, 1.807) is 14.1 Å². The van der Waals surface area contributed by atoms with E-state index in [0.29, 0.717) is 23.2 Å². The highest BCUT2D eigenvalue weighted by Crippen LogP contribution is 2.54. The van der Waals surface area contributed by atoms with Crippen LogP contribution in [0.2, 0.25) is 0 Å². The van der Waals surface area contributed by atoms with E-state index in [-0.39, 0.29) is 29.7 Å². The fourth-order valence-electron chi connectivity index (χ4n) is 7.11. The molecule has 2 aromatic carbocycles. The molecule has 0 aliphatic heterocycles. The Morgan fingerprint density at radius 1 is 1.05 bits per heavy atom. The number of Topliss-reactive ketones (excluding diaryl/α,β-unsaturated/α-hetero) is 2. The first-order chi connectivity index (χ1) is 20.1. The van der Waals surface area contributed by atoms with Crippen molar-refractivity contribution in [3.63, 3.8) is 0 Å². The largest absolute Gasteiger partial charge is 0.508 e. The summed E-state index contributed by atoms with van der Waals surface area (Å²) in [7, 11) is 10.7. The Kier molecular flexibility index (Phi) is 7.40. The van der Waals surface area contributed by atoms with Crippen molar-refractivity contribution in [2.45, 2.75) is 31.0 Å². The van der Waals surface area contributed by atoms with Crippen LogP contribution in [0.5, 0.6) is 5.75 Å². The average molecular weight is 591 g/mol. The number of hydrogen-bond acceptors (Lipinski definition) is 10. The number of carbonyl (C=O) groups excluding carboxylic acids is 3. The molecule has 43 heavy (non-hydrogen) atoms. The standard InChI is InChI=1S/C32H38N4O7/c1-34(2)14-15-8-7-9-16(10-15)18-13-21(35(3)4)19-11-17-12-20-25(36(5)6)28(39)24(31(33)42)30(41)32(20,43)29(40)22(17)27(38)23(19)26(18)37/h7-10,13,17,20,25,37-38,41,43H,11-12,14H2,1-6H3,(H2,33,42)/t17-,20-,25+,32-/m0/s1. The van der Waals surface area contributed by atoms with Crippen LogP contribution in [-0.4, -0.2) is 102 Å². The van der Waals surface area contributed by atoms with Crippen LogP contribution in [0.15, 0.2) is 47.2 Å². The summed E-state index contributed by atoms with van der Waals surface area (Å²) in [5, 5.41) is 46.3. The van der Waals surface area contributed by atoms with Gasteiger partial charge >= 0.3 is 0 Å². The van der Waals surface area contributed by atoms with E-state index in [0.717, 1.165) is 11.3 Å². The molecule has 1 saturated carbocycles. The minimum absolute atomic E-state index is 0.0354. The molecule has 11 nitrogen and oxygen atoms in total. The van der Waals surface area contributed by atoms with Gasteiger partial charge in [-0.3, -0.25) is 19.3 Å². The number of nitrogens with zero attached hydrogens (tertiary/aromatic N) is 3. The van der Waals surface area contributed by atoms with Gasteiger partial charge in [0.15, 0.2) is 11.4 Å². The minimum Gasteiger partial charge on any atom is -0.508 e. The number of phenols is 1. The van der Waals surface area contributed by atoms with E-state index in [2.05, 4.69) is 0 Å². The number of fused-ring (bicyclic) bond motifs is 3. The lowest BCUT2D eigenvalue weighted by atomic mass is 9.57. The van der Waals surface area contributed by atoms with Gasteiger partial charge in [-0.05, 0) is 75.8 Å². The predicted molar refractivity (Wildman–Crippen MR) is 161 cm³/mol. The summed E-state index contributed by atoms with van der Waals surface area (Å²) >= 11 is 0. The maximum absolute atomic E-state index is 14.2. The molecule has 1 fully saturated rings. The van der Waals surface area contributed by atoms with E-state index in [1.807, 2.05) is 68.3 Å². The van der Waals surface area contributed by atoms with Crippen molar-refractivity contribution in [1.29, 1.82) is 0 Å². The Bertz CT molecular complexity index is 1620. The van der Waals surface area contributed by atoms with Crippen LogP contribution in [0.25, 0.3) is 16.9 Å². The van der Waals surface area contributed by atoms with Crippen LogP contribution in [0, 0.1) is 11.8 Å². The molecular formula is C32H38N4O7. The van der Waals surface area contributed by atoms with Gasteiger partial charge in [-0.25, -0.2) is 0 Å². The maximum Gasteiger partial charge on any atom is 0.255 e. The van der Waals surface area contributed by atoms with Gasteiger partial charge in [-0.2, -0.15) is 0 Å². The molecule has 2 aromatic rings. The number of aliphatic hydroxyl groups excluding tert-OH is 2. The summed E-state index contributed by atoms with van der Waals surface area (Å²) in [6.45, 7) is 0.673. The second-order valence-corrected chi connectivity index (χ2v) is 12.4. The molecule has 3 aliphatic rings. The van der Waals surface area contributed by atoms with Crippen molar-refractivity contribution >= 4 is 28.9 Å². The number of primary amides is 1. The molecule has 5 rings (SSSR count). The summed E-state index contributed by atoms with van der Waals surface area (Å²) in [6, 6.07) is 8.38. The molecule has 228 valence electrons. The molecule has 0 radical (unpaired) electrons. The fraction of sp³-hybridized carbons (Fsp3) is 0.406. The third-order valence-electron chi connectivity index (χ3n) is 8.92. The topological polar surface area (TPSA) is 168 Å². The van der Waals surface area contributed by atoms with E-state index in [4.69, 9.17) is 5.73 Å². The number of nitrogens with two attached hydrogens (primary N) is 1. The monoisotopic (exact) mass is 590 g/mol. The average Bonchev–Trinajstić information content (AvgIpc) is 2.90. The highest BCUT2D eigenvalue weighted by molar-refractivity contribution is 6.24. The van der Waals surface area contributed by atoms with Gasteiger partial charge in [0.05, 0.1) is 11.6 Å². The number of amides is 1. The Morgan fingerprint density at radius 2 is 1.72 bits per heavy atom. The van der Waals surface area contributed by atoms with Gasteiger partial charge in [0, 0.05) is 43.4 Å². The first-order valence-electron chi connectivity index (χ1n) is 14.1. The van der Waals surface area contributed by atoms with Crippen LogP contribution in [-0.2, 0) is 27.3 Å². The van der Waals surface area contributed by atoms with E-state index in [1.165, 1.54) is 4.90 Å². The van der Waals surface area contributed by atoms with Crippen LogP contribution < -0.4 is 10.6 Å². The highest BCUT2D eigenvalue weighted by Gasteiger charge is 2.64. The number of carbonyl (C=O) groups is 3. The molecule has 0 heterocycles. The molecule has 0 bridgehead atoms. The predicted octanol–water partition coefficient (Wildman–Crippen LogP) is 1.76. The molecule has 6 N–H and O–H groups in total. The SMILES string of the molecule is CN(C)Cc1cccc(-c2cc(N(C)C)c3c(c2O)C(O)=C2C(=O)[C@]4(O)C(O)=C(C(N)=O)C(=O)[C@H](N(C)C)[C@@H]4C[C@@H]2C3)c1. The van der Waals surface area contributed by atoms with Gasteiger partial charge in [-0.15, -0.1) is 0 Å². The molecule has 3 aliphatic carbocycles. The second-order valence-electron chi connectivity index (χ2n) is 12.4. The number of phenolic OH excluding ortho intramolecular Hbond substituents is 1. The molecule has 0 saturated heterocycles. The smallest absolute Gasteiger partial charge is 0.255 e. The number of hydrogen-bond donors (Lipinski definition) is 5. The van der Waals surface area contributed by atoms with Crippen molar-refractivity contribution in [3.05, 3.63) is 63.9 Å². The molecule has 0 spiro atoms. The lowest BCUT2D eigenvalue weighted by Gasteiger charge is -2.50. The molecular weight excluding hydrogens is 552 g/mol.